The Balaban J connectivity index is 2.13. The van der Waals surface area contributed by atoms with Gasteiger partial charge in [0.05, 0.1) is 21.7 Å². The van der Waals surface area contributed by atoms with Gasteiger partial charge in [0.25, 0.3) is 5.69 Å². The highest BCUT2D eigenvalue weighted by Crippen LogP contribution is 2.23. The Labute approximate surface area is 139 Å². The van der Waals surface area contributed by atoms with Crippen LogP contribution in [0.15, 0.2) is 35.2 Å². The van der Waals surface area contributed by atoms with Crippen molar-refractivity contribution in [2.45, 2.75) is 6.54 Å². The first-order valence-corrected chi connectivity index (χ1v) is 7.66. The molecule has 3 rings (SSSR count). The third-order valence-corrected chi connectivity index (χ3v) is 4.24. The highest BCUT2D eigenvalue weighted by molar-refractivity contribution is 7.16. The zero-order chi connectivity index (χ0) is 17.1. The van der Waals surface area contributed by atoms with Crippen molar-refractivity contribution in [2.24, 2.45) is 4.99 Å². The number of hydrogen-bond acceptors (Lipinski definition) is 6. The van der Waals surface area contributed by atoms with Crippen molar-refractivity contribution in [3.63, 3.8) is 0 Å². The maximum Gasteiger partial charge on any atom is 0.317 e. The SMILES string of the molecule is C#CCn1c(=NC(=O)C2=COCCO2)sc2ccc([N+](=O)[O-])cc21. The number of non-ortho nitro benzene ring substituents is 1. The van der Waals surface area contributed by atoms with Crippen LogP contribution in [0.5, 0.6) is 0 Å². The van der Waals surface area contributed by atoms with E-state index in [1.54, 1.807) is 10.6 Å². The van der Waals surface area contributed by atoms with Gasteiger partial charge >= 0.3 is 5.91 Å². The molecule has 1 aromatic carbocycles. The Morgan fingerprint density at radius 1 is 1.50 bits per heavy atom. The highest BCUT2D eigenvalue weighted by Gasteiger charge is 2.16. The van der Waals surface area contributed by atoms with Crippen molar-refractivity contribution in [2.75, 3.05) is 13.2 Å². The van der Waals surface area contributed by atoms with E-state index < -0.39 is 10.8 Å². The van der Waals surface area contributed by atoms with Crippen LogP contribution in [0.25, 0.3) is 10.2 Å². The third kappa shape index (κ3) is 3.00. The van der Waals surface area contributed by atoms with E-state index in [1.807, 2.05) is 0 Å². The predicted molar refractivity (Wildman–Crippen MR) is 85.9 cm³/mol. The molecule has 9 heteroatoms. The number of amides is 1. The van der Waals surface area contributed by atoms with Crippen LogP contribution in [0.3, 0.4) is 0 Å². The molecule has 0 saturated carbocycles. The number of thiazole rings is 1. The molecule has 8 nitrogen and oxygen atoms in total. The molecule has 2 heterocycles. The number of nitro benzene ring substituents is 1. The molecule has 1 aliphatic rings. The molecule has 0 saturated heterocycles. The fourth-order valence-corrected chi connectivity index (χ4v) is 3.13. The zero-order valence-corrected chi connectivity index (χ0v) is 13.1. The topological polar surface area (TPSA) is 96.0 Å². The van der Waals surface area contributed by atoms with Crippen LogP contribution < -0.4 is 4.80 Å². The first-order chi connectivity index (χ1) is 11.6. The summed E-state index contributed by atoms with van der Waals surface area (Å²) in [5.41, 5.74) is 0.490. The molecule has 1 aromatic heterocycles. The maximum absolute atomic E-state index is 12.2. The molecule has 0 N–H and O–H groups in total. The second-order valence-corrected chi connectivity index (χ2v) is 5.71. The lowest BCUT2D eigenvalue weighted by atomic mass is 10.3. The molecular formula is C15H11N3O5S. The first-order valence-electron chi connectivity index (χ1n) is 6.85. The smallest absolute Gasteiger partial charge is 0.317 e. The molecule has 0 spiro atoms. The lowest BCUT2D eigenvalue weighted by Crippen LogP contribution is -2.19. The van der Waals surface area contributed by atoms with E-state index >= 15 is 0 Å². The predicted octanol–water partition coefficient (Wildman–Crippen LogP) is 1.56. The number of nitrogens with zero attached hydrogens (tertiary/aromatic N) is 3. The summed E-state index contributed by atoms with van der Waals surface area (Å²) in [4.78, 5) is 27.0. The Kier molecular flexibility index (Phi) is 4.31. The van der Waals surface area contributed by atoms with Gasteiger partial charge in [0.2, 0.25) is 5.76 Å². The number of fused-ring (bicyclic) bond motifs is 1. The second kappa shape index (κ2) is 6.55. The van der Waals surface area contributed by atoms with Gasteiger partial charge in [-0.3, -0.25) is 14.9 Å². The molecule has 24 heavy (non-hydrogen) atoms. The summed E-state index contributed by atoms with van der Waals surface area (Å²) in [7, 11) is 0. The number of nitro groups is 1. The molecular weight excluding hydrogens is 334 g/mol. The summed E-state index contributed by atoms with van der Waals surface area (Å²) < 4.78 is 12.5. The van der Waals surface area contributed by atoms with Crippen molar-refractivity contribution in [3.05, 3.63) is 45.1 Å². The molecule has 0 unspecified atom stereocenters. The summed E-state index contributed by atoms with van der Waals surface area (Å²) in [6.45, 7) is 0.778. The van der Waals surface area contributed by atoms with Crippen LogP contribution in [-0.4, -0.2) is 28.6 Å². The lowest BCUT2D eigenvalue weighted by molar-refractivity contribution is -0.384. The average Bonchev–Trinajstić information content (AvgIpc) is 2.92. The number of carbonyl (C=O) groups is 1. The van der Waals surface area contributed by atoms with E-state index in [0.717, 1.165) is 4.70 Å². The number of benzene rings is 1. The zero-order valence-electron chi connectivity index (χ0n) is 12.3. The Morgan fingerprint density at radius 3 is 3.00 bits per heavy atom. The molecule has 1 aliphatic heterocycles. The van der Waals surface area contributed by atoms with Gasteiger partial charge in [-0.1, -0.05) is 17.3 Å². The van der Waals surface area contributed by atoms with Crippen LogP contribution in [0.2, 0.25) is 0 Å². The molecule has 0 fully saturated rings. The van der Waals surface area contributed by atoms with Crippen LogP contribution in [-0.2, 0) is 20.8 Å². The Hall–Kier alpha value is -3.12. The quantitative estimate of drug-likeness (QED) is 0.478. The summed E-state index contributed by atoms with van der Waals surface area (Å²) in [5.74, 6) is 1.88. The van der Waals surface area contributed by atoms with Gasteiger partial charge < -0.3 is 14.0 Å². The van der Waals surface area contributed by atoms with E-state index in [0.29, 0.717) is 16.9 Å². The number of rotatable bonds is 3. The van der Waals surface area contributed by atoms with Crippen molar-refractivity contribution >= 4 is 33.1 Å². The van der Waals surface area contributed by atoms with Gasteiger partial charge in [0.1, 0.15) is 19.5 Å². The van der Waals surface area contributed by atoms with E-state index in [-0.39, 0.29) is 24.6 Å². The molecule has 2 aromatic rings. The van der Waals surface area contributed by atoms with Gasteiger partial charge in [-0.2, -0.15) is 4.99 Å². The Bertz CT molecular complexity index is 964. The lowest BCUT2D eigenvalue weighted by Gasteiger charge is -2.12. The minimum Gasteiger partial charge on any atom is -0.494 e. The number of hydrogen-bond donors (Lipinski definition) is 0. The van der Waals surface area contributed by atoms with Gasteiger partial charge in [0, 0.05) is 12.1 Å². The minimum absolute atomic E-state index is 0.0111. The molecule has 0 aliphatic carbocycles. The van der Waals surface area contributed by atoms with Crippen molar-refractivity contribution in [1.82, 2.24) is 4.57 Å². The van der Waals surface area contributed by atoms with E-state index in [2.05, 4.69) is 10.9 Å². The standard InChI is InChI=1S/C15H11N3O5S/c1-2-5-17-11-8-10(18(20)21)3-4-13(11)24-15(17)16-14(19)12-9-22-6-7-23-12/h1,3-4,8-9H,5-7H2. The molecule has 0 radical (unpaired) electrons. The van der Waals surface area contributed by atoms with Gasteiger partial charge in [-0.15, -0.1) is 6.42 Å². The first kappa shape index (κ1) is 15.8. The monoisotopic (exact) mass is 345 g/mol. The molecule has 0 atom stereocenters. The largest absolute Gasteiger partial charge is 0.494 e. The molecule has 1 amide bonds. The summed E-state index contributed by atoms with van der Waals surface area (Å²) in [6.07, 6.45) is 6.59. The number of carbonyl (C=O) groups excluding carboxylic acids is 1. The third-order valence-electron chi connectivity index (χ3n) is 3.18. The van der Waals surface area contributed by atoms with Crippen LogP contribution in [0, 0.1) is 22.5 Å². The van der Waals surface area contributed by atoms with Crippen LogP contribution in [0.4, 0.5) is 5.69 Å². The van der Waals surface area contributed by atoms with Gasteiger partial charge in [-0.05, 0) is 6.07 Å². The summed E-state index contributed by atoms with van der Waals surface area (Å²) >= 11 is 1.21. The van der Waals surface area contributed by atoms with E-state index in [1.165, 1.54) is 29.7 Å². The molecule has 0 bridgehead atoms. The minimum atomic E-state index is -0.596. The van der Waals surface area contributed by atoms with Crippen molar-refractivity contribution < 1.29 is 19.2 Å². The van der Waals surface area contributed by atoms with Crippen LogP contribution in [0.1, 0.15) is 0 Å². The van der Waals surface area contributed by atoms with Gasteiger partial charge in [-0.25, -0.2) is 0 Å². The van der Waals surface area contributed by atoms with Crippen LogP contribution >= 0.6 is 11.3 Å². The Morgan fingerprint density at radius 2 is 2.33 bits per heavy atom. The number of terminal acetylenes is 1. The van der Waals surface area contributed by atoms with E-state index in [9.17, 15) is 14.9 Å². The average molecular weight is 345 g/mol. The van der Waals surface area contributed by atoms with Crippen molar-refractivity contribution in [3.8, 4) is 12.3 Å². The summed E-state index contributed by atoms with van der Waals surface area (Å²) in [6, 6.07) is 4.41. The molecule has 122 valence electrons. The number of ether oxygens (including phenoxy) is 2. The fourth-order valence-electron chi connectivity index (χ4n) is 2.12. The maximum atomic E-state index is 12.2. The number of aromatic nitrogens is 1. The van der Waals surface area contributed by atoms with Crippen molar-refractivity contribution in [1.29, 1.82) is 0 Å². The summed E-state index contributed by atoms with van der Waals surface area (Å²) in [5, 5.41) is 10.9. The normalized spacial score (nSPS) is 14.5. The fraction of sp³-hybridized carbons (Fsp3) is 0.200. The highest BCUT2D eigenvalue weighted by atomic mass is 32.1. The van der Waals surface area contributed by atoms with Gasteiger partial charge in [0.15, 0.2) is 4.80 Å². The van der Waals surface area contributed by atoms with E-state index in [4.69, 9.17) is 15.9 Å². The second-order valence-electron chi connectivity index (χ2n) is 4.70.